The number of aryl methyl sites for hydroxylation is 2. The molecular weight excluding hydrogens is 288 g/mol. The number of thiazole rings is 1. The number of carbonyl (C=O) groups is 1. The highest BCUT2D eigenvalue weighted by Crippen LogP contribution is 2.31. The van der Waals surface area contributed by atoms with Crippen molar-refractivity contribution in [2.24, 2.45) is 7.05 Å². The number of hydrogen-bond acceptors (Lipinski definition) is 5. The summed E-state index contributed by atoms with van der Waals surface area (Å²) in [5, 5.41) is 5.40. The quantitative estimate of drug-likeness (QED) is 0.793. The minimum atomic E-state index is 0.0824. The first-order valence-corrected chi connectivity index (χ1v) is 7.80. The Bertz CT molecular complexity index is 633. The summed E-state index contributed by atoms with van der Waals surface area (Å²) in [6.07, 6.45) is 0. The number of urea groups is 1. The molecule has 8 heteroatoms. The molecule has 0 saturated carbocycles. The number of carbonyl (C=O) groups excluding carboxylic acids is 1. The lowest BCUT2D eigenvalue weighted by Crippen LogP contribution is -2.51. The van der Waals surface area contributed by atoms with Gasteiger partial charge >= 0.3 is 6.03 Å². The van der Waals surface area contributed by atoms with Gasteiger partial charge in [-0.25, -0.2) is 14.5 Å². The minimum Gasteiger partial charge on any atom is -0.344 e. The Balaban J connectivity index is 1.74. The predicted octanol–water partition coefficient (Wildman–Crippen LogP) is 1.14. The second-order valence-corrected chi connectivity index (χ2v) is 6.49. The Kier molecular flexibility index (Phi) is 3.48. The van der Waals surface area contributed by atoms with Crippen LogP contribution in [0.5, 0.6) is 0 Å². The maximum Gasteiger partial charge on any atom is 0.319 e. The lowest BCUT2D eigenvalue weighted by atomic mass is 10.3. The third kappa shape index (κ3) is 2.44. The van der Waals surface area contributed by atoms with Gasteiger partial charge in [0.1, 0.15) is 0 Å². The van der Waals surface area contributed by atoms with Crippen molar-refractivity contribution in [2.45, 2.75) is 6.92 Å². The molecule has 0 radical (unpaired) electrons. The largest absolute Gasteiger partial charge is 0.344 e. The van der Waals surface area contributed by atoms with Crippen LogP contribution in [0, 0.1) is 6.92 Å². The summed E-state index contributed by atoms with van der Waals surface area (Å²) in [5.41, 5.74) is 1.97. The van der Waals surface area contributed by atoms with E-state index in [1.165, 1.54) is 0 Å². The zero-order chi connectivity index (χ0) is 15.1. The van der Waals surface area contributed by atoms with E-state index < -0.39 is 0 Å². The summed E-state index contributed by atoms with van der Waals surface area (Å²) in [6.45, 7) is 5.14. The van der Waals surface area contributed by atoms with Gasteiger partial charge in [0.2, 0.25) is 0 Å². The molecule has 1 aliphatic rings. The lowest BCUT2D eigenvalue weighted by Gasteiger charge is -2.35. The molecule has 1 saturated heterocycles. The maximum absolute atomic E-state index is 11.9. The van der Waals surface area contributed by atoms with Gasteiger partial charge in [-0.05, 0) is 6.92 Å². The Morgan fingerprint density at radius 3 is 2.48 bits per heavy atom. The highest BCUT2D eigenvalue weighted by Gasteiger charge is 2.24. The van der Waals surface area contributed by atoms with Gasteiger partial charge < -0.3 is 14.7 Å². The van der Waals surface area contributed by atoms with Crippen molar-refractivity contribution in [2.75, 3.05) is 45.2 Å². The first-order chi connectivity index (χ1) is 9.97. The number of fused-ring (bicyclic) bond motifs is 1. The van der Waals surface area contributed by atoms with Crippen LogP contribution in [0.2, 0.25) is 0 Å². The van der Waals surface area contributed by atoms with Crippen LogP contribution >= 0.6 is 11.3 Å². The average Bonchev–Trinajstić information content (AvgIpc) is 3.01. The molecule has 0 aromatic carbocycles. The highest BCUT2D eigenvalue weighted by atomic mass is 32.1. The van der Waals surface area contributed by atoms with E-state index in [9.17, 15) is 4.79 Å². The lowest BCUT2D eigenvalue weighted by molar-refractivity contribution is 0.168. The summed E-state index contributed by atoms with van der Waals surface area (Å²) in [7, 11) is 5.50. The van der Waals surface area contributed by atoms with Crippen molar-refractivity contribution in [1.82, 2.24) is 24.6 Å². The number of amides is 2. The fourth-order valence-electron chi connectivity index (χ4n) is 2.58. The molecule has 21 heavy (non-hydrogen) atoms. The molecule has 0 atom stereocenters. The number of piperazine rings is 1. The molecule has 114 valence electrons. The zero-order valence-electron chi connectivity index (χ0n) is 12.8. The van der Waals surface area contributed by atoms with Gasteiger partial charge in [0, 0.05) is 47.3 Å². The third-order valence-electron chi connectivity index (χ3n) is 3.74. The van der Waals surface area contributed by atoms with E-state index in [0.717, 1.165) is 47.4 Å². The Morgan fingerprint density at radius 1 is 1.24 bits per heavy atom. The Labute approximate surface area is 127 Å². The highest BCUT2D eigenvalue weighted by molar-refractivity contribution is 7.22. The van der Waals surface area contributed by atoms with Gasteiger partial charge in [-0.15, -0.1) is 0 Å². The summed E-state index contributed by atoms with van der Waals surface area (Å²) in [6, 6.07) is 0.0824. The third-order valence-corrected chi connectivity index (χ3v) is 4.95. The van der Waals surface area contributed by atoms with Gasteiger partial charge in [-0.1, -0.05) is 11.3 Å². The van der Waals surface area contributed by atoms with E-state index >= 15 is 0 Å². The number of anilines is 1. The van der Waals surface area contributed by atoms with E-state index in [1.807, 2.05) is 23.6 Å². The molecule has 3 rings (SSSR count). The predicted molar refractivity (Wildman–Crippen MR) is 84.0 cm³/mol. The van der Waals surface area contributed by atoms with Gasteiger partial charge in [0.25, 0.3) is 0 Å². The minimum absolute atomic E-state index is 0.0824. The Morgan fingerprint density at radius 2 is 1.90 bits per heavy atom. The summed E-state index contributed by atoms with van der Waals surface area (Å²) in [5.74, 6) is 0. The smallest absolute Gasteiger partial charge is 0.319 e. The molecule has 0 aliphatic carbocycles. The number of hydrogen-bond donors (Lipinski definition) is 0. The van der Waals surface area contributed by atoms with Crippen molar-refractivity contribution in [3.8, 4) is 0 Å². The van der Waals surface area contributed by atoms with Gasteiger partial charge in [0.15, 0.2) is 10.8 Å². The molecule has 0 unspecified atom stereocenters. The molecule has 7 nitrogen and oxygen atoms in total. The first kappa shape index (κ1) is 14.1. The number of rotatable bonds is 1. The van der Waals surface area contributed by atoms with Crippen molar-refractivity contribution >= 4 is 32.8 Å². The number of nitrogens with zero attached hydrogens (tertiary/aromatic N) is 6. The molecule has 0 N–H and O–H groups in total. The van der Waals surface area contributed by atoms with E-state index in [2.05, 4.69) is 10.00 Å². The second kappa shape index (κ2) is 5.18. The average molecular weight is 308 g/mol. The summed E-state index contributed by atoms with van der Waals surface area (Å²) in [4.78, 5) is 22.4. The van der Waals surface area contributed by atoms with Crippen LogP contribution in [-0.4, -0.2) is 70.9 Å². The fourth-order valence-corrected chi connectivity index (χ4v) is 3.66. The van der Waals surface area contributed by atoms with E-state index in [-0.39, 0.29) is 6.03 Å². The molecule has 0 bridgehead atoms. The van der Waals surface area contributed by atoms with Crippen LogP contribution in [0.15, 0.2) is 0 Å². The maximum atomic E-state index is 11.9. The zero-order valence-corrected chi connectivity index (χ0v) is 13.6. The van der Waals surface area contributed by atoms with Crippen molar-refractivity contribution in [3.05, 3.63) is 5.69 Å². The van der Waals surface area contributed by atoms with Crippen molar-refractivity contribution < 1.29 is 4.79 Å². The molecule has 2 aromatic rings. The molecule has 2 aromatic heterocycles. The van der Waals surface area contributed by atoms with Crippen molar-refractivity contribution in [3.63, 3.8) is 0 Å². The molecule has 1 aliphatic heterocycles. The van der Waals surface area contributed by atoms with Gasteiger partial charge in [0.05, 0.1) is 10.4 Å². The molecular formula is C13H20N6OS. The van der Waals surface area contributed by atoms with E-state index in [4.69, 9.17) is 4.98 Å². The van der Waals surface area contributed by atoms with Crippen molar-refractivity contribution in [1.29, 1.82) is 0 Å². The van der Waals surface area contributed by atoms with Gasteiger partial charge in [-0.3, -0.25) is 0 Å². The second-order valence-electron chi connectivity index (χ2n) is 5.51. The molecule has 0 spiro atoms. The standard InChI is InChI=1S/C13H20N6OS/c1-9-10-11(17(4)15-9)14-12(21-10)18-5-7-19(8-6-18)13(20)16(2)3/h5-8H2,1-4H3. The van der Waals surface area contributed by atoms with Crippen LogP contribution in [0.4, 0.5) is 9.93 Å². The van der Waals surface area contributed by atoms with Crippen LogP contribution in [0.3, 0.4) is 0 Å². The van der Waals surface area contributed by atoms with Gasteiger partial charge in [-0.2, -0.15) is 5.10 Å². The Hall–Kier alpha value is -1.83. The SMILES string of the molecule is Cc1nn(C)c2nc(N3CCN(C(=O)N(C)C)CC3)sc12. The summed E-state index contributed by atoms with van der Waals surface area (Å²) >= 11 is 1.68. The monoisotopic (exact) mass is 308 g/mol. The fraction of sp³-hybridized carbons (Fsp3) is 0.615. The first-order valence-electron chi connectivity index (χ1n) is 6.98. The van der Waals surface area contributed by atoms with E-state index in [1.54, 1.807) is 30.3 Å². The number of aromatic nitrogens is 3. The van der Waals surface area contributed by atoms with E-state index in [0.29, 0.717) is 0 Å². The molecule has 1 fully saturated rings. The van der Waals surface area contributed by atoms with Crippen LogP contribution in [0.1, 0.15) is 5.69 Å². The topological polar surface area (TPSA) is 57.5 Å². The summed E-state index contributed by atoms with van der Waals surface area (Å²) < 4.78 is 2.98. The van der Waals surface area contributed by atoms with Crippen LogP contribution in [0.25, 0.3) is 10.3 Å². The normalized spacial score (nSPS) is 15.8. The van der Waals surface area contributed by atoms with Crippen LogP contribution in [-0.2, 0) is 7.05 Å². The molecule has 2 amide bonds. The molecule has 3 heterocycles. The van der Waals surface area contributed by atoms with Crippen LogP contribution < -0.4 is 4.90 Å².